The second-order valence-electron chi connectivity index (χ2n) is 7.08. The van der Waals surface area contributed by atoms with Crippen molar-refractivity contribution >= 4 is 0 Å². The molecule has 0 aromatic heterocycles. The van der Waals surface area contributed by atoms with Gasteiger partial charge in [0.05, 0.1) is 13.2 Å². The van der Waals surface area contributed by atoms with E-state index >= 15 is 0 Å². The lowest BCUT2D eigenvalue weighted by molar-refractivity contribution is 0.126. The molecule has 4 atom stereocenters. The second kappa shape index (κ2) is 7.06. The van der Waals surface area contributed by atoms with Gasteiger partial charge in [0.25, 0.3) is 0 Å². The van der Waals surface area contributed by atoms with Crippen LogP contribution in [-0.2, 0) is 17.7 Å². The van der Waals surface area contributed by atoms with Crippen LogP contribution in [0.2, 0.25) is 0 Å². The van der Waals surface area contributed by atoms with E-state index in [2.05, 4.69) is 77.9 Å². The zero-order valence-corrected chi connectivity index (χ0v) is 14.3. The molecule has 0 unspecified atom stereocenters. The van der Waals surface area contributed by atoms with Crippen LogP contribution < -0.4 is 5.32 Å². The SMILES string of the molecule is CN1[C@@H]2COC[C@@H]2[C@H](NCc2ccccc2)[C@H]1Cc1ccccc1. The largest absolute Gasteiger partial charge is 0.379 e. The molecule has 4 rings (SSSR count). The first-order valence-electron chi connectivity index (χ1n) is 8.94. The van der Waals surface area contributed by atoms with E-state index < -0.39 is 0 Å². The molecule has 1 N–H and O–H groups in total. The van der Waals surface area contributed by atoms with E-state index in [0.29, 0.717) is 24.0 Å². The van der Waals surface area contributed by atoms with Crippen LogP contribution in [0, 0.1) is 5.92 Å². The highest BCUT2D eigenvalue weighted by atomic mass is 16.5. The quantitative estimate of drug-likeness (QED) is 0.916. The van der Waals surface area contributed by atoms with E-state index in [1.54, 1.807) is 0 Å². The van der Waals surface area contributed by atoms with E-state index in [4.69, 9.17) is 4.74 Å². The highest BCUT2D eigenvalue weighted by molar-refractivity contribution is 5.20. The Labute approximate surface area is 144 Å². The van der Waals surface area contributed by atoms with Crippen LogP contribution in [0.15, 0.2) is 60.7 Å². The molecule has 2 saturated heterocycles. The van der Waals surface area contributed by atoms with Crippen LogP contribution in [0.5, 0.6) is 0 Å². The zero-order chi connectivity index (χ0) is 16.4. The minimum absolute atomic E-state index is 0.475. The maximum Gasteiger partial charge on any atom is 0.0626 e. The summed E-state index contributed by atoms with van der Waals surface area (Å²) >= 11 is 0. The van der Waals surface area contributed by atoms with Gasteiger partial charge in [0.2, 0.25) is 0 Å². The van der Waals surface area contributed by atoms with Gasteiger partial charge in [-0.3, -0.25) is 4.90 Å². The average Bonchev–Trinajstić information content (AvgIpc) is 3.19. The molecule has 0 spiro atoms. The smallest absolute Gasteiger partial charge is 0.0626 e. The van der Waals surface area contributed by atoms with Gasteiger partial charge in [-0.25, -0.2) is 0 Å². The summed E-state index contributed by atoms with van der Waals surface area (Å²) in [6.45, 7) is 2.68. The molecule has 0 saturated carbocycles. The first-order valence-corrected chi connectivity index (χ1v) is 8.94. The first kappa shape index (κ1) is 15.8. The maximum absolute atomic E-state index is 5.78. The fraction of sp³-hybridized carbons (Fsp3) is 0.429. The summed E-state index contributed by atoms with van der Waals surface area (Å²) in [5.74, 6) is 0.590. The number of likely N-dealkylation sites (N-methyl/N-ethyl adjacent to an activating group) is 1. The van der Waals surface area contributed by atoms with Crippen molar-refractivity contribution in [1.82, 2.24) is 10.2 Å². The van der Waals surface area contributed by atoms with E-state index in [0.717, 1.165) is 26.2 Å². The normalized spacial score (nSPS) is 29.7. The predicted molar refractivity (Wildman–Crippen MR) is 96.9 cm³/mol. The highest BCUT2D eigenvalue weighted by Gasteiger charge is 2.49. The molecule has 0 radical (unpaired) electrons. The molecule has 2 aromatic rings. The standard InChI is InChI=1S/C21H26N2O/c1-23-19(12-16-8-4-2-5-9-16)21(18-14-24-15-20(18)23)22-13-17-10-6-3-7-11-17/h2-11,18-22H,12-15H2,1H3/t18-,19+,20+,21-/m0/s1. The number of nitrogens with one attached hydrogen (secondary N) is 1. The number of hydrogen-bond donors (Lipinski definition) is 1. The maximum atomic E-state index is 5.78. The van der Waals surface area contributed by atoms with Gasteiger partial charge in [0.15, 0.2) is 0 Å². The Bertz CT molecular complexity index is 645. The van der Waals surface area contributed by atoms with Crippen molar-refractivity contribution in [3.63, 3.8) is 0 Å². The minimum Gasteiger partial charge on any atom is -0.379 e. The number of likely N-dealkylation sites (tertiary alicyclic amines) is 1. The number of benzene rings is 2. The Morgan fingerprint density at radius 1 is 0.958 bits per heavy atom. The Morgan fingerprint density at radius 2 is 1.62 bits per heavy atom. The number of hydrogen-bond acceptors (Lipinski definition) is 3. The fourth-order valence-corrected chi connectivity index (χ4v) is 4.35. The van der Waals surface area contributed by atoms with Crippen molar-refractivity contribution in [2.75, 3.05) is 20.3 Å². The lowest BCUT2D eigenvalue weighted by Crippen LogP contribution is -2.45. The number of rotatable bonds is 5. The Balaban J connectivity index is 1.51. The summed E-state index contributed by atoms with van der Waals surface area (Å²) in [4.78, 5) is 2.55. The second-order valence-corrected chi connectivity index (χ2v) is 7.08. The van der Waals surface area contributed by atoms with E-state index in [1.807, 2.05) is 0 Å². The summed E-state index contributed by atoms with van der Waals surface area (Å²) in [5.41, 5.74) is 2.77. The van der Waals surface area contributed by atoms with Crippen molar-refractivity contribution < 1.29 is 4.74 Å². The van der Waals surface area contributed by atoms with Gasteiger partial charge in [-0.05, 0) is 24.6 Å². The Hall–Kier alpha value is -1.68. The Kier molecular flexibility index (Phi) is 4.65. The average molecular weight is 322 g/mol. The molecule has 24 heavy (non-hydrogen) atoms. The van der Waals surface area contributed by atoms with Crippen molar-refractivity contribution in [2.45, 2.75) is 31.1 Å². The van der Waals surface area contributed by atoms with Crippen molar-refractivity contribution in [2.24, 2.45) is 5.92 Å². The van der Waals surface area contributed by atoms with Crippen LogP contribution in [-0.4, -0.2) is 43.3 Å². The third-order valence-corrected chi connectivity index (χ3v) is 5.69. The van der Waals surface area contributed by atoms with Gasteiger partial charge in [-0.15, -0.1) is 0 Å². The molecule has 2 aliphatic rings. The molecule has 3 nitrogen and oxygen atoms in total. The molecular formula is C21H26N2O. The van der Waals surface area contributed by atoms with Gasteiger partial charge in [0, 0.05) is 30.6 Å². The van der Waals surface area contributed by atoms with Gasteiger partial charge < -0.3 is 10.1 Å². The van der Waals surface area contributed by atoms with Crippen molar-refractivity contribution in [1.29, 1.82) is 0 Å². The summed E-state index contributed by atoms with van der Waals surface area (Å²) in [6, 6.07) is 23.1. The van der Waals surface area contributed by atoms with Crippen LogP contribution in [0.1, 0.15) is 11.1 Å². The van der Waals surface area contributed by atoms with Gasteiger partial charge in [-0.1, -0.05) is 60.7 Å². The monoisotopic (exact) mass is 322 g/mol. The summed E-state index contributed by atoms with van der Waals surface area (Å²) < 4.78 is 5.78. The molecule has 0 aliphatic carbocycles. The highest BCUT2D eigenvalue weighted by Crippen LogP contribution is 2.35. The molecule has 0 bridgehead atoms. The summed E-state index contributed by atoms with van der Waals surface area (Å²) in [5, 5.41) is 3.85. The summed E-state index contributed by atoms with van der Waals surface area (Å²) in [7, 11) is 2.27. The van der Waals surface area contributed by atoms with E-state index in [1.165, 1.54) is 11.1 Å². The first-order chi connectivity index (χ1) is 11.8. The van der Waals surface area contributed by atoms with Crippen molar-refractivity contribution in [3.05, 3.63) is 71.8 Å². The third-order valence-electron chi connectivity index (χ3n) is 5.69. The molecule has 0 amide bonds. The van der Waals surface area contributed by atoms with Gasteiger partial charge >= 0.3 is 0 Å². The number of fused-ring (bicyclic) bond motifs is 1. The van der Waals surface area contributed by atoms with Crippen molar-refractivity contribution in [3.8, 4) is 0 Å². The van der Waals surface area contributed by atoms with E-state index in [-0.39, 0.29) is 0 Å². The zero-order valence-electron chi connectivity index (χ0n) is 14.3. The van der Waals surface area contributed by atoms with Gasteiger partial charge in [-0.2, -0.15) is 0 Å². The molecule has 2 fully saturated rings. The lowest BCUT2D eigenvalue weighted by atomic mass is 9.92. The number of ether oxygens (including phenoxy) is 1. The molecule has 2 heterocycles. The summed E-state index contributed by atoms with van der Waals surface area (Å²) in [6.07, 6.45) is 1.09. The van der Waals surface area contributed by atoms with Crippen LogP contribution in [0.4, 0.5) is 0 Å². The molecule has 126 valence electrons. The molecule has 3 heteroatoms. The van der Waals surface area contributed by atoms with Crippen LogP contribution >= 0.6 is 0 Å². The molecule has 2 aromatic carbocycles. The molecule has 2 aliphatic heterocycles. The van der Waals surface area contributed by atoms with Crippen LogP contribution in [0.25, 0.3) is 0 Å². The number of nitrogens with zero attached hydrogens (tertiary/aromatic N) is 1. The van der Waals surface area contributed by atoms with Gasteiger partial charge in [0.1, 0.15) is 0 Å². The predicted octanol–water partition coefficient (Wildman–Crippen LogP) is 2.72. The topological polar surface area (TPSA) is 24.5 Å². The third kappa shape index (κ3) is 3.12. The lowest BCUT2D eigenvalue weighted by Gasteiger charge is -2.29. The minimum atomic E-state index is 0.475. The Morgan fingerprint density at radius 3 is 2.33 bits per heavy atom. The van der Waals surface area contributed by atoms with E-state index in [9.17, 15) is 0 Å². The molecular weight excluding hydrogens is 296 g/mol. The van der Waals surface area contributed by atoms with Crippen LogP contribution in [0.3, 0.4) is 0 Å². The fourth-order valence-electron chi connectivity index (χ4n) is 4.35.